The highest BCUT2D eigenvalue weighted by Gasteiger charge is 2.28. The molecule has 2 amide bonds. The molecule has 0 aliphatic rings. The topological polar surface area (TPSA) is 127 Å². The Labute approximate surface area is 205 Å². The third-order valence-corrected chi connectivity index (χ3v) is 6.12. The van der Waals surface area contributed by atoms with Gasteiger partial charge in [-0.2, -0.15) is 0 Å². The molecule has 0 saturated heterocycles. The summed E-state index contributed by atoms with van der Waals surface area (Å²) >= 11 is 1.51. The van der Waals surface area contributed by atoms with Crippen molar-refractivity contribution in [3.05, 3.63) is 102 Å². The number of carbonyl (C=O) groups is 2. The number of nitrogens with zero attached hydrogens (tertiary/aromatic N) is 4. The van der Waals surface area contributed by atoms with Crippen molar-refractivity contribution in [3.8, 4) is 0 Å². The SMILES string of the molecule is CC(C)N(CC(=O)N(Cc1ccccc1)Cc1cccs1)C(=O)c1cc([N+](=O)[O-])cc([N+](=O)[O-])c1. The van der Waals surface area contributed by atoms with Gasteiger partial charge in [0.1, 0.15) is 6.54 Å². The smallest absolute Gasteiger partial charge is 0.277 e. The third kappa shape index (κ3) is 6.70. The summed E-state index contributed by atoms with van der Waals surface area (Å²) in [5, 5.41) is 24.4. The lowest BCUT2D eigenvalue weighted by atomic mass is 10.1. The molecule has 35 heavy (non-hydrogen) atoms. The molecule has 11 heteroatoms. The summed E-state index contributed by atoms with van der Waals surface area (Å²) < 4.78 is 0. The van der Waals surface area contributed by atoms with E-state index < -0.39 is 33.2 Å². The average Bonchev–Trinajstić information content (AvgIpc) is 3.34. The Morgan fingerprint density at radius 1 is 0.914 bits per heavy atom. The molecule has 2 aromatic carbocycles. The van der Waals surface area contributed by atoms with Crippen LogP contribution in [0.2, 0.25) is 0 Å². The number of thiophene rings is 1. The molecule has 1 heterocycles. The lowest BCUT2D eigenvalue weighted by Gasteiger charge is -2.30. The van der Waals surface area contributed by atoms with Gasteiger partial charge in [0.2, 0.25) is 5.91 Å². The second-order valence-electron chi connectivity index (χ2n) is 8.09. The van der Waals surface area contributed by atoms with Crippen LogP contribution in [0.4, 0.5) is 11.4 Å². The first-order valence-electron chi connectivity index (χ1n) is 10.7. The van der Waals surface area contributed by atoms with Crippen LogP contribution in [0.15, 0.2) is 66.0 Å². The standard InChI is InChI=1S/C24H24N4O6S/c1-17(2)26(24(30)19-11-20(27(31)32)13-21(12-19)28(33)34)16-23(29)25(15-22-9-6-10-35-22)14-18-7-4-3-5-8-18/h3-13,17H,14-16H2,1-2H3. The molecular formula is C24H24N4O6S. The van der Waals surface area contributed by atoms with E-state index in [1.165, 1.54) is 16.2 Å². The third-order valence-electron chi connectivity index (χ3n) is 5.26. The number of benzene rings is 2. The highest BCUT2D eigenvalue weighted by atomic mass is 32.1. The Morgan fingerprint density at radius 3 is 2.06 bits per heavy atom. The normalized spacial score (nSPS) is 10.7. The van der Waals surface area contributed by atoms with Gasteiger partial charge in [0.15, 0.2) is 0 Å². The highest BCUT2D eigenvalue weighted by molar-refractivity contribution is 7.09. The van der Waals surface area contributed by atoms with Gasteiger partial charge in [0.25, 0.3) is 17.3 Å². The van der Waals surface area contributed by atoms with Gasteiger partial charge < -0.3 is 9.80 Å². The fraction of sp³-hybridized carbons (Fsp3) is 0.250. The van der Waals surface area contributed by atoms with Crippen LogP contribution in [-0.4, -0.2) is 44.0 Å². The van der Waals surface area contributed by atoms with Crippen molar-refractivity contribution in [3.63, 3.8) is 0 Å². The molecule has 0 aliphatic heterocycles. The van der Waals surface area contributed by atoms with E-state index in [1.54, 1.807) is 18.7 Å². The van der Waals surface area contributed by atoms with Crippen LogP contribution < -0.4 is 0 Å². The Balaban J connectivity index is 1.88. The molecule has 0 fully saturated rings. The number of hydrogen-bond acceptors (Lipinski definition) is 7. The largest absolute Gasteiger partial charge is 0.332 e. The maximum absolute atomic E-state index is 13.4. The van der Waals surface area contributed by atoms with Gasteiger partial charge in [-0.05, 0) is 30.9 Å². The summed E-state index contributed by atoms with van der Waals surface area (Å²) in [4.78, 5) is 51.5. The number of nitro benzene ring substituents is 2. The number of nitro groups is 2. The quantitative estimate of drug-likeness (QED) is 0.297. The average molecular weight is 497 g/mol. The molecule has 0 spiro atoms. The maximum Gasteiger partial charge on any atom is 0.277 e. The van der Waals surface area contributed by atoms with Crippen molar-refractivity contribution in [2.75, 3.05) is 6.54 Å². The van der Waals surface area contributed by atoms with Gasteiger partial charge in [-0.15, -0.1) is 11.3 Å². The van der Waals surface area contributed by atoms with Crippen molar-refractivity contribution in [1.29, 1.82) is 0 Å². The van der Waals surface area contributed by atoms with E-state index >= 15 is 0 Å². The molecular weight excluding hydrogens is 472 g/mol. The van der Waals surface area contributed by atoms with E-state index in [4.69, 9.17) is 0 Å². The molecule has 0 radical (unpaired) electrons. The first-order valence-corrected chi connectivity index (χ1v) is 11.6. The molecule has 10 nitrogen and oxygen atoms in total. The monoisotopic (exact) mass is 496 g/mol. The second kappa shape index (κ2) is 11.3. The maximum atomic E-state index is 13.4. The Hall–Kier alpha value is -4.12. The fourth-order valence-corrected chi connectivity index (χ4v) is 4.18. The molecule has 1 aromatic heterocycles. The Morgan fingerprint density at radius 2 is 1.54 bits per heavy atom. The summed E-state index contributed by atoms with van der Waals surface area (Å²) in [5.74, 6) is -1.01. The minimum Gasteiger partial charge on any atom is -0.332 e. The number of hydrogen-bond donors (Lipinski definition) is 0. The van der Waals surface area contributed by atoms with Crippen molar-refractivity contribution in [1.82, 2.24) is 9.80 Å². The van der Waals surface area contributed by atoms with Gasteiger partial charge in [0.05, 0.1) is 28.0 Å². The zero-order valence-electron chi connectivity index (χ0n) is 19.2. The molecule has 0 bridgehead atoms. The predicted octanol–water partition coefficient (Wildman–Crippen LogP) is 4.64. The molecule has 0 saturated carbocycles. The minimum absolute atomic E-state index is 0.222. The summed E-state index contributed by atoms with van der Waals surface area (Å²) in [7, 11) is 0. The molecule has 3 aromatic rings. The van der Waals surface area contributed by atoms with E-state index in [0.29, 0.717) is 13.1 Å². The van der Waals surface area contributed by atoms with Crippen LogP contribution in [0.25, 0.3) is 0 Å². The van der Waals surface area contributed by atoms with Crippen LogP contribution in [-0.2, 0) is 17.9 Å². The van der Waals surface area contributed by atoms with Crippen LogP contribution in [0.3, 0.4) is 0 Å². The van der Waals surface area contributed by atoms with E-state index in [1.807, 2.05) is 47.8 Å². The van der Waals surface area contributed by atoms with Crippen molar-refractivity contribution in [2.45, 2.75) is 33.0 Å². The highest BCUT2D eigenvalue weighted by Crippen LogP contribution is 2.24. The minimum atomic E-state index is -0.794. The Bertz CT molecular complexity index is 1180. The molecule has 0 N–H and O–H groups in total. The van der Waals surface area contributed by atoms with Crippen molar-refractivity contribution >= 4 is 34.5 Å². The van der Waals surface area contributed by atoms with E-state index in [0.717, 1.165) is 28.6 Å². The number of rotatable bonds is 10. The van der Waals surface area contributed by atoms with Crippen LogP contribution in [0.5, 0.6) is 0 Å². The van der Waals surface area contributed by atoms with Gasteiger partial charge in [-0.25, -0.2) is 0 Å². The predicted molar refractivity (Wildman–Crippen MR) is 131 cm³/mol. The first kappa shape index (κ1) is 25.5. The molecule has 0 aliphatic carbocycles. The van der Waals surface area contributed by atoms with Crippen LogP contribution in [0.1, 0.15) is 34.6 Å². The van der Waals surface area contributed by atoms with E-state index in [2.05, 4.69) is 0 Å². The van der Waals surface area contributed by atoms with Crippen LogP contribution >= 0.6 is 11.3 Å². The molecule has 0 atom stereocenters. The summed E-state index contributed by atoms with van der Waals surface area (Å²) in [6, 6.07) is 15.6. The van der Waals surface area contributed by atoms with Gasteiger partial charge in [-0.1, -0.05) is 36.4 Å². The number of non-ortho nitro benzene ring substituents is 2. The zero-order chi connectivity index (χ0) is 25.5. The number of carbonyl (C=O) groups excluding carboxylic acids is 2. The summed E-state index contributed by atoms with van der Waals surface area (Å²) in [5.41, 5.74) is -0.434. The lowest BCUT2D eigenvalue weighted by molar-refractivity contribution is -0.394. The van der Waals surface area contributed by atoms with Crippen molar-refractivity contribution in [2.24, 2.45) is 0 Å². The first-order chi connectivity index (χ1) is 16.7. The molecule has 182 valence electrons. The van der Waals surface area contributed by atoms with E-state index in [-0.39, 0.29) is 18.0 Å². The second-order valence-corrected chi connectivity index (χ2v) is 9.13. The number of amides is 2. The van der Waals surface area contributed by atoms with Crippen LogP contribution in [0, 0.1) is 20.2 Å². The summed E-state index contributed by atoms with van der Waals surface area (Å²) in [6.07, 6.45) is 0. The van der Waals surface area contributed by atoms with E-state index in [9.17, 15) is 29.8 Å². The van der Waals surface area contributed by atoms with Crippen molar-refractivity contribution < 1.29 is 19.4 Å². The zero-order valence-corrected chi connectivity index (χ0v) is 20.0. The molecule has 3 rings (SSSR count). The molecule has 0 unspecified atom stereocenters. The van der Waals surface area contributed by atoms with Gasteiger partial charge in [-0.3, -0.25) is 29.8 Å². The summed E-state index contributed by atoms with van der Waals surface area (Å²) in [6.45, 7) is 3.81. The Kier molecular flexibility index (Phi) is 8.26. The fourth-order valence-electron chi connectivity index (χ4n) is 3.46. The lowest BCUT2D eigenvalue weighted by Crippen LogP contribution is -2.45. The van der Waals surface area contributed by atoms with Gasteiger partial charge >= 0.3 is 0 Å². The van der Waals surface area contributed by atoms with Gasteiger partial charge in [0, 0.05) is 29.6 Å².